The summed E-state index contributed by atoms with van der Waals surface area (Å²) in [5.74, 6) is 0.971. The lowest BCUT2D eigenvalue weighted by atomic mass is 10.1. The second-order valence-corrected chi connectivity index (χ2v) is 4.07. The standard InChI is InChI=1S/C13H21NO2/c1-4-5-10(2)14-9-11-6-7-12(16-3)8-13(11)15/h6-8,10,14-15H,4-5,9H2,1-3H3. The average molecular weight is 223 g/mol. The molecule has 0 saturated heterocycles. The van der Waals surface area contributed by atoms with Crippen LogP contribution in [0.4, 0.5) is 0 Å². The Labute approximate surface area is 97.4 Å². The molecule has 0 heterocycles. The van der Waals surface area contributed by atoms with Crippen molar-refractivity contribution in [2.75, 3.05) is 7.11 Å². The molecule has 0 bridgehead atoms. The van der Waals surface area contributed by atoms with Crippen LogP contribution in [0.25, 0.3) is 0 Å². The van der Waals surface area contributed by atoms with Gasteiger partial charge in [-0.2, -0.15) is 0 Å². The molecular weight excluding hydrogens is 202 g/mol. The molecule has 0 aliphatic heterocycles. The molecule has 3 heteroatoms. The van der Waals surface area contributed by atoms with Crippen molar-refractivity contribution in [3.8, 4) is 11.5 Å². The Morgan fingerprint density at radius 1 is 1.44 bits per heavy atom. The SMILES string of the molecule is CCCC(C)NCc1ccc(OC)cc1O. The maximum absolute atomic E-state index is 9.75. The van der Waals surface area contributed by atoms with Crippen molar-refractivity contribution >= 4 is 0 Å². The van der Waals surface area contributed by atoms with Gasteiger partial charge in [-0.25, -0.2) is 0 Å². The Balaban J connectivity index is 2.54. The van der Waals surface area contributed by atoms with E-state index < -0.39 is 0 Å². The number of aromatic hydroxyl groups is 1. The van der Waals surface area contributed by atoms with E-state index in [4.69, 9.17) is 4.74 Å². The van der Waals surface area contributed by atoms with E-state index in [0.717, 1.165) is 12.0 Å². The van der Waals surface area contributed by atoms with Gasteiger partial charge in [0.2, 0.25) is 0 Å². The minimum atomic E-state index is 0.288. The van der Waals surface area contributed by atoms with E-state index in [9.17, 15) is 5.11 Å². The number of ether oxygens (including phenoxy) is 1. The molecule has 1 rings (SSSR count). The first-order valence-corrected chi connectivity index (χ1v) is 5.76. The van der Waals surface area contributed by atoms with Gasteiger partial charge in [0.15, 0.2) is 0 Å². The summed E-state index contributed by atoms with van der Waals surface area (Å²) in [6, 6.07) is 5.87. The van der Waals surface area contributed by atoms with Crippen LogP contribution in [-0.4, -0.2) is 18.3 Å². The van der Waals surface area contributed by atoms with Crippen LogP contribution >= 0.6 is 0 Å². The van der Waals surface area contributed by atoms with Gasteiger partial charge in [-0.15, -0.1) is 0 Å². The van der Waals surface area contributed by atoms with Gasteiger partial charge >= 0.3 is 0 Å². The molecule has 90 valence electrons. The molecule has 0 radical (unpaired) electrons. The van der Waals surface area contributed by atoms with Crippen LogP contribution < -0.4 is 10.1 Å². The highest BCUT2D eigenvalue weighted by atomic mass is 16.5. The fraction of sp³-hybridized carbons (Fsp3) is 0.538. The number of hydrogen-bond donors (Lipinski definition) is 2. The first kappa shape index (κ1) is 12.8. The highest BCUT2D eigenvalue weighted by molar-refractivity contribution is 5.39. The van der Waals surface area contributed by atoms with E-state index in [1.807, 2.05) is 12.1 Å². The first-order chi connectivity index (χ1) is 7.67. The van der Waals surface area contributed by atoms with E-state index in [-0.39, 0.29) is 5.75 Å². The lowest BCUT2D eigenvalue weighted by molar-refractivity contribution is 0.405. The van der Waals surface area contributed by atoms with Gasteiger partial charge in [0.1, 0.15) is 11.5 Å². The molecule has 1 aromatic carbocycles. The second-order valence-electron chi connectivity index (χ2n) is 4.07. The lowest BCUT2D eigenvalue weighted by Crippen LogP contribution is -2.25. The van der Waals surface area contributed by atoms with Crippen molar-refractivity contribution in [2.24, 2.45) is 0 Å². The number of benzene rings is 1. The van der Waals surface area contributed by atoms with E-state index in [1.54, 1.807) is 13.2 Å². The van der Waals surface area contributed by atoms with Crippen LogP contribution in [0, 0.1) is 0 Å². The summed E-state index contributed by atoms with van der Waals surface area (Å²) in [7, 11) is 1.59. The van der Waals surface area contributed by atoms with Crippen LogP contribution in [0.15, 0.2) is 18.2 Å². The van der Waals surface area contributed by atoms with Crippen LogP contribution in [0.2, 0.25) is 0 Å². The average Bonchev–Trinajstić information content (AvgIpc) is 2.27. The highest BCUT2D eigenvalue weighted by Crippen LogP contribution is 2.23. The summed E-state index contributed by atoms with van der Waals surface area (Å²) in [4.78, 5) is 0. The third-order valence-electron chi connectivity index (χ3n) is 2.66. The fourth-order valence-corrected chi connectivity index (χ4v) is 1.64. The lowest BCUT2D eigenvalue weighted by Gasteiger charge is -2.13. The fourth-order valence-electron chi connectivity index (χ4n) is 1.64. The van der Waals surface area contributed by atoms with Crippen molar-refractivity contribution < 1.29 is 9.84 Å². The largest absolute Gasteiger partial charge is 0.507 e. The number of methoxy groups -OCH3 is 1. The molecule has 1 aromatic rings. The molecule has 1 atom stereocenters. The van der Waals surface area contributed by atoms with Crippen molar-refractivity contribution in [3.63, 3.8) is 0 Å². The van der Waals surface area contributed by atoms with Gasteiger partial charge in [-0.05, 0) is 19.4 Å². The minimum absolute atomic E-state index is 0.288. The Bertz CT molecular complexity index is 326. The molecule has 2 N–H and O–H groups in total. The Kier molecular flexibility index (Phi) is 5.12. The zero-order chi connectivity index (χ0) is 12.0. The third-order valence-corrected chi connectivity index (χ3v) is 2.66. The molecule has 3 nitrogen and oxygen atoms in total. The minimum Gasteiger partial charge on any atom is -0.507 e. The van der Waals surface area contributed by atoms with E-state index >= 15 is 0 Å². The molecular formula is C13H21NO2. The second kappa shape index (κ2) is 6.38. The van der Waals surface area contributed by atoms with Gasteiger partial charge < -0.3 is 15.2 Å². The third kappa shape index (κ3) is 3.74. The maximum atomic E-state index is 9.75. The molecule has 0 spiro atoms. The molecule has 16 heavy (non-hydrogen) atoms. The molecule has 1 unspecified atom stereocenters. The maximum Gasteiger partial charge on any atom is 0.123 e. The Hall–Kier alpha value is -1.22. The zero-order valence-electron chi connectivity index (χ0n) is 10.3. The smallest absolute Gasteiger partial charge is 0.123 e. The van der Waals surface area contributed by atoms with Crippen LogP contribution in [-0.2, 0) is 6.54 Å². The predicted octanol–water partition coefficient (Wildman–Crippen LogP) is 2.68. The summed E-state index contributed by atoms with van der Waals surface area (Å²) < 4.78 is 5.03. The number of phenols is 1. The van der Waals surface area contributed by atoms with E-state index in [1.165, 1.54) is 6.42 Å². The summed E-state index contributed by atoms with van der Waals surface area (Å²) >= 11 is 0. The van der Waals surface area contributed by atoms with E-state index in [0.29, 0.717) is 18.3 Å². The van der Waals surface area contributed by atoms with Crippen molar-refractivity contribution in [1.29, 1.82) is 0 Å². The summed E-state index contributed by atoms with van der Waals surface area (Å²) in [6.07, 6.45) is 2.32. The van der Waals surface area contributed by atoms with Gasteiger partial charge in [-0.3, -0.25) is 0 Å². The molecule has 0 aliphatic carbocycles. The van der Waals surface area contributed by atoms with Gasteiger partial charge in [0.25, 0.3) is 0 Å². The van der Waals surface area contributed by atoms with Crippen molar-refractivity contribution in [1.82, 2.24) is 5.32 Å². The van der Waals surface area contributed by atoms with Crippen LogP contribution in [0.1, 0.15) is 32.3 Å². The Morgan fingerprint density at radius 3 is 2.75 bits per heavy atom. The summed E-state index contributed by atoms with van der Waals surface area (Å²) in [6.45, 7) is 5.02. The molecule has 0 amide bonds. The first-order valence-electron chi connectivity index (χ1n) is 5.76. The number of hydrogen-bond acceptors (Lipinski definition) is 3. The number of phenolic OH excluding ortho intramolecular Hbond substituents is 1. The van der Waals surface area contributed by atoms with Crippen LogP contribution in [0.3, 0.4) is 0 Å². The monoisotopic (exact) mass is 223 g/mol. The Morgan fingerprint density at radius 2 is 2.19 bits per heavy atom. The molecule has 0 aromatic heterocycles. The van der Waals surface area contributed by atoms with Gasteiger partial charge in [0, 0.05) is 24.2 Å². The predicted molar refractivity (Wildman–Crippen MR) is 65.9 cm³/mol. The van der Waals surface area contributed by atoms with Gasteiger partial charge in [0.05, 0.1) is 7.11 Å². The summed E-state index contributed by atoms with van der Waals surface area (Å²) in [5, 5.41) is 13.1. The quantitative estimate of drug-likeness (QED) is 0.779. The van der Waals surface area contributed by atoms with E-state index in [2.05, 4.69) is 19.2 Å². The normalized spacial score (nSPS) is 12.4. The van der Waals surface area contributed by atoms with Crippen molar-refractivity contribution in [3.05, 3.63) is 23.8 Å². The zero-order valence-corrected chi connectivity index (χ0v) is 10.3. The summed E-state index contributed by atoms with van der Waals surface area (Å²) in [5.41, 5.74) is 0.906. The topological polar surface area (TPSA) is 41.5 Å². The molecule has 0 fully saturated rings. The highest BCUT2D eigenvalue weighted by Gasteiger charge is 2.05. The molecule has 0 saturated carbocycles. The van der Waals surface area contributed by atoms with Crippen LogP contribution in [0.5, 0.6) is 11.5 Å². The molecule has 0 aliphatic rings. The van der Waals surface area contributed by atoms with Crippen molar-refractivity contribution in [2.45, 2.75) is 39.3 Å². The number of nitrogens with one attached hydrogen (secondary N) is 1. The van der Waals surface area contributed by atoms with Gasteiger partial charge in [-0.1, -0.05) is 19.4 Å². The number of rotatable bonds is 6.